The molecule has 4 rings (SSSR count). The third-order valence-corrected chi connectivity index (χ3v) is 6.64. The summed E-state index contributed by atoms with van der Waals surface area (Å²) >= 11 is 0. The standard InChI is InChI=1S/C21H29N3O3/c1-14-4-3-5-15-12-16(23(2)19(14)15)20(26)24-9-6-21(7-10-24)17(25)13-18(21)27-11-8-22/h3-5,12,17-18,25H,6-11,13,22H2,1-2H3/t17-,18+/m0/s1. The van der Waals surface area contributed by atoms with E-state index >= 15 is 0 Å². The van der Waals surface area contributed by atoms with Gasteiger partial charge in [-0.2, -0.15) is 0 Å². The Bertz CT molecular complexity index is 852. The zero-order valence-electron chi connectivity index (χ0n) is 16.1. The average Bonchev–Trinajstić information content (AvgIpc) is 3.02. The molecule has 2 atom stereocenters. The lowest BCUT2D eigenvalue weighted by molar-refractivity contribution is -0.208. The van der Waals surface area contributed by atoms with E-state index in [-0.39, 0.29) is 23.5 Å². The fourth-order valence-electron chi connectivity index (χ4n) is 4.94. The molecule has 1 amide bonds. The molecule has 1 aliphatic carbocycles. The first-order valence-corrected chi connectivity index (χ1v) is 9.82. The second-order valence-corrected chi connectivity index (χ2v) is 8.03. The van der Waals surface area contributed by atoms with Gasteiger partial charge in [-0.25, -0.2) is 0 Å². The van der Waals surface area contributed by atoms with Gasteiger partial charge in [-0.05, 0) is 31.4 Å². The summed E-state index contributed by atoms with van der Waals surface area (Å²) in [5.74, 6) is 0.0659. The van der Waals surface area contributed by atoms with Gasteiger partial charge in [0, 0.05) is 43.9 Å². The van der Waals surface area contributed by atoms with E-state index in [9.17, 15) is 9.90 Å². The first kappa shape index (κ1) is 18.5. The van der Waals surface area contributed by atoms with Crippen molar-refractivity contribution >= 4 is 16.8 Å². The number of aliphatic hydroxyl groups excluding tert-OH is 1. The summed E-state index contributed by atoms with van der Waals surface area (Å²) in [6, 6.07) is 8.13. The number of nitrogens with two attached hydrogens (primary N) is 1. The number of fused-ring (bicyclic) bond motifs is 1. The van der Waals surface area contributed by atoms with Gasteiger partial charge in [0.15, 0.2) is 0 Å². The van der Waals surface area contributed by atoms with Crippen LogP contribution < -0.4 is 5.73 Å². The highest BCUT2D eigenvalue weighted by molar-refractivity contribution is 5.99. The van der Waals surface area contributed by atoms with Crippen molar-refractivity contribution in [1.82, 2.24) is 9.47 Å². The number of aliphatic hydroxyl groups is 1. The molecule has 146 valence electrons. The van der Waals surface area contributed by atoms with Gasteiger partial charge in [0.25, 0.3) is 5.91 Å². The molecule has 0 bridgehead atoms. The number of para-hydroxylation sites is 1. The maximum Gasteiger partial charge on any atom is 0.270 e. The SMILES string of the molecule is Cc1cccc2cc(C(=O)N3CCC4(CC3)[C@@H](O)C[C@H]4OCCN)n(C)c12. The van der Waals surface area contributed by atoms with E-state index in [0.717, 1.165) is 29.4 Å². The van der Waals surface area contributed by atoms with Gasteiger partial charge >= 0.3 is 0 Å². The smallest absolute Gasteiger partial charge is 0.270 e. The summed E-state index contributed by atoms with van der Waals surface area (Å²) in [4.78, 5) is 15.1. The topological polar surface area (TPSA) is 80.7 Å². The monoisotopic (exact) mass is 371 g/mol. The first-order chi connectivity index (χ1) is 13.0. The Morgan fingerprint density at radius 2 is 2.11 bits per heavy atom. The molecule has 2 fully saturated rings. The van der Waals surface area contributed by atoms with Crippen molar-refractivity contribution in [2.45, 2.75) is 38.4 Å². The number of hydrogen-bond acceptors (Lipinski definition) is 4. The van der Waals surface area contributed by atoms with Gasteiger partial charge in [-0.3, -0.25) is 4.79 Å². The number of hydrogen-bond donors (Lipinski definition) is 2. The molecule has 2 aromatic rings. The Hall–Kier alpha value is -1.89. The van der Waals surface area contributed by atoms with Crippen LogP contribution >= 0.6 is 0 Å². The predicted octanol–water partition coefficient (Wildman–Crippen LogP) is 1.82. The second-order valence-electron chi connectivity index (χ2n) is 8.03. The molecule has 1 saturated carbocycles. The lowest BCUT2D eigenvalue weighted by Crippen LogP contribution is -2.63. The van der Waals surface area contributed by atoms with Crippen molar-refractivity contribution in [2.75, 3.05) is 26.2 Å². The maximum absolute atomic E-state index is 13.1. The van der Waals surface area contributed by atoms with E-state index in [1.165, 1.54) is 5.56 Å². The fraction of sp³-hybridized carbons (Fsp3) is 0.571. The molecule has 1 aromatic carbocycles. The van der Waals surface area contributed by atoms with Crippen molar-refractivity contribution in [3.8, 4) is 0 Å². The number of aromatic nitrogens is 1. The van der Waals surface area contributed by atoms with Crippen LogP contribution in [0.1, 0.15) is 35.3 Å². The Balaban J connectivity index is 1.49. The van der Waals surface area contributed by atoms with E-state index in [1.54, 1.807) is 0 Å². The van der Waals surface area contributed by atoms with Crippen LogP contribution in [0.5, 0.6) is 0 Å². The van der Waals surface area contributed by atoms with Gasteiger partial charge in [-0.15, -0.1) is 0 Å². The Morgan fingerprint density at radius 3 is 2.74 bits per heavy atom. The minimum Gasteiger partial charge on any atom is -0.392 e. The van der Waals surface area contributed by atoms with Gasteiger partial charge in [0.05, 0.1) is 24.3 Å². The number of likely N-dealkylation sites (tertiary alicyclic amines) is 1. The lowest BCUT2D eigenvalue weighted by atomic mass is 9.58. The van der Waals surface area contributed by atoms with Crippen molar-refractivity contribution in [2.24, 2.45) is 18.2 Å². The zero-order chi connectivity index (χ0) is 19.2. The molecule has 27 heavy (non-hydrogen) atoms. The number of nitrogens with zero attached hydrogens (tertiary/aromatic N) is 2. The molecule has 1 aliphatic heterocycles. The van der Waals surface area contributed by atoms with E-state index in [4.69, 9.17) is 10.5 Å². The zero-order valence-corrected chi connectivity index (χ0v) is 16.1. The average molecular weight is 371 g/mol. The fourth-order valence-corrected chi connectivity index (χ4v) is 4.94. The van der Waals surface area contributed by atoms with Crippen LogP contribution in [0.3, 0.4) is 0 Å². The van der Waals surface area contributed by atoms with Crippen molar-refractivity contribution in [1.29, 1.82) is 0 Å². The Morgan fingerprint density at radius 1 is 1.37 bits per heavy atom. The van der Waals surface area contributed by atoms with Crippen molar-refractivity contribution in [3.05, 3.63) is 35.5 Å². The molecule has 2 heterocycles. The van der Waals surface area contributed by atoms with Crippen LogP contribution in [0.25, 0.3) is 10.9 Å². The Kier molecular flexibility index (Phi) is 4.74. The van der Waals surface area contributed by atoms with Crippen LogP contribution in [-0.2, 0) is 11.8 Å². The number of benzene rings is 1. The molecule has 0 radical (unpaired) electrons. The highest BCUT2D eigenvalue weighted by Crippen LogP contribution is 2.51. The predicted molar refractivity (Wildman–Crippen MR) is 105 cm³/mol. The summed E-state index contributed by atoms with van der Waals surface area (Å²) < 4.78 is 7.85. The highest BCUT2D eigenvalue weighted by atomic mass is 16.5. The molecule has 2 aliphatic rings. The van der Waals surface area contributed by atoms with Crippen LogP contribution in [0.4, 0.5) is 0 Å². The number of amides is 1. The van der Waals surface area contributed by atoms with Crippen LogP contribution in [0.15, 0.2) is 24.3 Å². The van der Waals surface area contributed by atoms with Crippen LogP contribution in [0.2, 0.25) is 0 Å². The van der Waals surface area contributed by atoms with Crippen molar-refractivity contribution < 1.29 is 14.6 Å². The number of piperidine rings is 1. The summed E-state index contributed by atoms with van der Waals surface area (Å²) in [6.07, 6.45) is 1.96. The normalized spacial score (nSPS) is 24.4. The molecule has 1 saturated heterocycles. The molecule has 1 aromatic heterocycles. The summed E-state index contributed by atoms with van der Waals surface area (Å²) in [5, 5.41) is 11.5. The number of carbonyl (C=O) groups excluding carboxylic acids is 1. The number of ether oxygens (including phenoxy) is 1. The molecular weight excluding hydrogens is 342 g/mol. The highest BCUT2D eigenvalue weighted by Gasteiger charge is 2.56. The van der Waals surface area contributed by atoms with E-state index in [0.29, 0.717) is 32.7 Å². The van der Waals surface area contributed by atoms with Gasteiger partial charge in [-0.1, -0.05) is 18.2 Å². The summed E-state index contributed by atoms with van der Waals surface area (Å²) in [5.41, 5.74) is 8.34. The molecule has 3 N–H and O–H groups in total. The third kappa shape index (κ3) is 2.87. The van der Waals surface area contributed by atoms with Crippen molar-refractivity contribution in [3.63, 3.8) is 0 Å². The number of aryl methyl sites for hydroxylation is 2. The molecule has 0 unspecified atom stereocenters. The largest absolute Gasteiger partial charge is 0.392 e. The third-order valence-electron chi connectivity index (χ3n) is 6.64. The minimum atomic E-state index is -0.335. The van der Waals surface area contributed by atoms with Crippen LogP contribution in [0, 0.1) is 12.3 Å². The second kappa shape index (κ2) is 6.93. The summed E-state index contributed by atoms with van der Waals surface area (Å²) in [6.45, 7) is 4.39. The first-order valence-electron chi connectivity index (χ1n) is 9.82. The number of carbonyl (C=O) groups is 1. The van der Waals surface area contributed by atoms with E-state index in [1.807, 2.05) is 28.6 Å². The van der Waals surface area contributed by atoms with E-state index in [2.05, 4.69) is 19.1 Å². The molecule has 6 nitrogen and oxygen atoms in total. The summed E-state index contributed by atoms with van der Waals surface area (Å²) in [7, 11) is 1.96. The van der Waals surface area contributed by atoms with E-state index < -0.39 is 0 Å². The quantitative estimate of drug-likeness (QED) is 0.859. The van der Waals surface area contributed by atoms with Gasteiger partial charge < -0.3 is 25.0 Å². The molecular formula is C21H29N3O3. The molecule has 6 heteroatoms. The van der Waals surface area contributed by atoms with Crippen LogP contribution in [-0.4, -0.2) is 58.9 Å². The maximum atomic E-state index is 13.1. The lowest BCUT2D eigenvalue weighted by Gasteiger charge is -2.56. The minimum absolute atomic E-state index is 0.0635. The number of rotatable bonds is 4. The molecule has 1 spiro atoms. The van der Waals surface area contributed by atoms with Gasteiger partial charge in [0.2, 0.25) is 0 Å². The van der Waals surface area contributed by atoms with Gasteiger partial charge in [0.1, 0.15) is 5.69 Å². The Labute approximate surface area is 159 Å².